The molecule has 0 atom stereocenters. The van der Waals surface area contributed by atoms with Crippen LogP contribution in [0.25, 0.3) is 6.08 Å². The summed E-state index contributed by atoms with van der Waals surface area (Å²) in [6.07, 6.45) is 2.36. The van der Waals surface area contributed by atoms with Crippen molar-refractivity contribution < 1.29 is 28.2 Å². The molecule has 1 aliphatic heterocycles. The summed E-state index contributed by atoms with van der Waals surface area (Å²) in [5.74, 6) is -1.94. The van der Waals surface area contributed by atoms with Crippen LogP contribution in [0.1, 0.15) is 5.56 Å². The maximum absolute atomic E-state index is 13.9. The van der Waals surface area contributed by atoms with Gasteiger partial charge in [-0.15, -0.1) is 0 Å². The van der Waals surface area contributed by atoms with Crippen LogP contribution in [0.4, 0.5) is 14.9 Å². The zero-order valence-electron chi connectivity index (χ0n) is 18.3. The molecule has 0 bridgehead atoms. The first-order chi connectivity index (χ1) is 17.2. The van der Waals surface area contributed by atoms with Gasteiger partial charge >= 0.3 is 0 Å². The van der Waals surface area contributed by atoms with Crippen molar-refractivity contribution >= 4 is 74.8 Å². The van der Waals surface area contributed by atoms with Crippen molar-refractivity contribution in [1.82, 2.24) is 14.9 Å². The van der Waals surface area contributed by atoms with Gasteiger partial charge in [0.2, 0.25) is 17.0 Å². The largest absolute Gasteiger partial charge is 0.493 e. The quantitative estimate of drug-likeness (QED) is 0.209. The summed E-state index contributed by atoms with van der Waals surface area (Å²) in [6.45, 7) is -0.419. The lowest BCUT2D eigenvalue weighted by Crippen LogP contribution is -2.36. The molecule has 4 rings (SSSR count). The van der Waals surface area contributed by atoms with Crippen LogP contribution < -0.4 is 14.8 Å². The van der Waals surface area contributed by atoms with Crippen molar-refractivity contribution in [3.8, 4) is 17.4 Å². The molecule has 0 spiro atoms. The fourth-order valence-electron chi connectivity index (χ4n) is 3.03. The van der Waals surface area contributed by atoms with E-state index in [1.165, 1.54) is 25.3 Å². The molecule has 1 aliphatic rings. The number of amides is 3. The minimum Gasteiger partial charge on any atom is -0.493 e. The number of hydrogen-bond donors (Lipinski definition) is 1. The number of methoxy groups -OCH3 is 1. The Balaban J connectivity index is 1.47. The molecule has 3 amide bonds. The second kappa shape index (κ2) is 11.2. The fraction of sp³-hybridized carbons (Fsp3) is 0.0870. The summed E-state index contributed by atoms with van der Waals surface area (Å²) in [6, 6.07) is 11.7. The number of carbonyl (C=O) groups is 3. The second-order valence-corrected chi connectivity index (χ2v) is 9.70. The number of ether oxygens (including phenoxy) is 2. The van der Waals surface area contributed by atoms with Gasteiger partial charge in [0, 0.05) is 9.26 Å². The summed E-state index contributed by atoms with van der Waals surface area (Å²) in [4.78, 5) is 45.8. The van der Waals surface area contributed by atoms with E-state index in [2.05, 4.69) is 37.9 Å². The molecular weight excluding hydrogens is 626 g/mol. The second-order valence-electron chi connectivity index (χ2n) is 7.13. The number of imide groups is 1. The molecule has 9 nitrogen and oxygen atoms in total. The highest BCUT2D eigenvalue weighted by atomic mass is 127. The minimum absolute atomic E-state index is 0.131. The van der Waals surface area contributed by atoms with E-state index >= 15 is 0 Å². The van der Waals surface area contributed by atoms with Gasteiger partial charge in [0.15, 0.2) is 11.5 Å². The first-order valence-electron chi connectivity index (χ1n) is 10.1. The van der Waals surface area contributed by atoms with Gasteiger partial charge in [0.05, 0.1) is 18.2 Å². The van der Waals surface area contributed by atoms with E-state index in [4.69, 9.17) is 21.1 Å². The molecule has 1 saturated heterocycles. The van der Waals surface area contributed by atoms with Crippen LogP contribution in [-0.2, 0) is 9.59 Å². The van der Waals surface area contributed by atoms with Gasteiger partial charge in [-0.2, -0.15) is 9.37 Å². The van der Waals surface area contributed by atoms with Crippen molar-refractivity contribution in [2.45, 2.75) is 0 Å². The molecule has 0 radical (unpaired) electrons. The van der Waals surface area contributed by atoms with E-state index in [1.54, 1.807) is 18.2 Å². The molecule has 0 saturated carbocycles. The zero-order chi connectivity index (χ0) is 25.8. The highest BCUT2D eigenvalue weighted by Crippen LogP contribution is 2.36. The van der Waals surface area contributed by atoms with Gasteiger partial charge in [0.25, 0.3) is 17.0 Å². The predicted octanol–water partition coefficient (Wildman–Crippen LogP) is 5.35. The van der Waals surface area contributed by atoms with E-state index in [0.717, 1.165) is 14.7 Å². The van der Waals surface area contributed by atoms with Crippen molar-refractivity contribution in [3.63, 3.8) is 0 Å². The Kier molecular flexibility index (Phi) is 8.06. The number of hydrogen-bond acceptors (Lipinski definition) is 8. The third-order valence-electron chi connectivity index (χ3n) is 4.68. The summed E-state index contributed by atoms with van der Waals surface area (Å²) >= 11 is 8.55. The van der Waals surface area contributed by atoms with E-state index in [1.807, 2.05) is 12.1 Å². The molecule has 13 heteroatoms. The van der Waals surface area contributed by atoms with Crippen molar-refractivity contribution in [2.75, 3.05) is 19.0 Å². The van der Waals surface area contributed by atoms with Crippen LogP contribution in [0.2, 0.25) is 5.28 Å². The van der Waals surface area contributed by atoms with Crippen LogP contribution in [0.15, 0.2) is 53.6 Å². The van der Waals surface area contributed by atoms with Gasteiger partial charge in [-0.1, -0.05) is 6.07 Å². The Morgan fingerprint density at radius 1 is 1.22 bits per heavy atom. The average Bonchev–Trinajstić information content (AvgIpc) is 3.11. The predicted molar refractivity (Wildman–Crippen MR) is 141 cm³/mol. The third-order valence-corrected chi connectivity index (χ3v) is 6.49. The summed E-state index contributed by atoms with van der Waals surface area (Å²) in [5.41, 5.74) is 1.07. The maximum atomic E-state index is 13.9. The summed E-state index contributed by atoms with van der Waals surface area (Å²) in [5, 5.41) is 1.91. The molecule has 1 aromatic heterocycles. The number of anilines is 1. The number of aromatic nitrogens is 2. The normalized spacial score (nSPS) is 14.3. The number of nitrogens with zero attached hydrogens (tertiary/aromatic N) is 3. The number of halogens is 3. The van der Waals surface area contributed by atoms with Crippen LogP contribution in [0.3, 0.4) is 0 Å². The SMILES string of the molecule is COc1cc(/C=C2\SC(=O)N(CC(=O)Nc3ccc(I)cc3)C2=O)ccc1Oc1nc(Cl)ncc1F. The number of nitrogens with one attached hydrogen (secondary N) is 1. The molecule has 0 aliphatic carbocycles. The van der Waals surface area contributed by atoms with Gasteiger partial charge < -0.3 is 14.8 Å². The Bertz CT molecular complexity index is 1390. The highest BCUT2D eigenvalue weighted by molar-refractivity contribution is 14.1. The third kappa shape index (κ3) is 6.12. The topological polar surface area (TPSA) is 111 Å². The Morgan fingerprint density at radius 3 is 2.69 bits per heavy atom. The molecule has 2 heterocycles. The van der Waals surface area contributed by atoms with Crippen molar-refractivity contribution in [2.24, 2.45) is 0 Å². The van der Waals surface area contributed by atoms with E-state index < -0.39 is 29.4 Å². The van der Waals surface area contributed by atoms with Crippen molar-refractivity contribution in [1.29, 1.82) is 0 Å². The molecule has 36 heavy (non-hydrogen) atoms. The molecule has 1 fully saturated rings. The Hall–Kier alpha value is -3.23. The molecule has 0 unspecified atom stereocenters. The van der Waals surface area contributed by atoms with E-state index in [-0.39, 0.29) is 27.6 Å². The zero-order valence-corrected chi connectivity index (χ0v) is 22.1. The lowest BCUT2D eigenvalue weighted by atomic mass is 10.2. The Morgan fingerprint density at radius 2 is 1.97 bits per heavy atom. The summed E-state index contributed by atoms with van der Waals surface area (Å²) < 4.78 is 25.7. The lowest BCUT2D eigenvalue weighted by molar-refractivity contribution is -0.127. The molecule has 184 valence electrons. The van der Waals surface area contributed by atoms with Crippen LogP contribution >= 0.6 is 46.0 Å². The summed E-state index contributed by atoms with van der Waals surface area (Å²) in [7, 11) is 1.38. The first-order valence-corrected chi connectivity index (χ1v) is 12.4. The van der Waals surface area contributed by atoms with Gasteiger partial charge in [-0.25, -0.2) is 4.98 Å². The smallest absolute Gasteiger partial charge is 0.294 e. The Labute approximate surface area is 227 Å². The number of thioether (sulfide) groups is 1. The van der Waals surface area contributed by atoms with Gasteiger partial charge in [-0.05, 0) is 94.0 Å². The van der Waals surface area contributed by atoms with Crippen LogP contribution in [0, 0.1) is 9.39 Å². The first kappa shape index (κ1) is 25.9. The average molecular weight is 641 g/mol. The molecule has 1 N–H and O–H groups in total. The monoisotopic (exact) mass is 640 g/mol. The maximum Gasteiger partial charge on any atom is 0.294 e. The molecular formula is C23H15ClFIN4O5S. The van der Waals surface area contributed by atoms with Crippen LogP contribution in [0.5, 0.6) is 17.4 Å². The fourth-order valence-corrected chi connectivity index (χ4v) is 4.35. The van der Waals surface area contributed by atoms with E-state index in [0.29, 0.717) is 23.0 Å². The number of benzene rings is 2. The van der Waals surface area contributed by atoms with E-state index in [9.17, 15) is 18.8 Å². The standard InChI is InChI=1S/C23H15ClFIN4O5S/c1-34-17-8-12(2-7-16(17)35-20-15(25)10-27-22(24)29-20)9-18-21(32)30(23(33)36-18)11-19(31)28-14-5-3-13(26)4-6-14/h2-10H,11H2,1H3,(H,28,31)/b18-9-. The number of carbonyl (C=O) groups excluding carboxylic acids is 3. The minimum atomic E-state index is -0.815. The highest BCUT2D eigenvalue weighted by Gasteiger charge is 2.36. The van der Waals surface area contributed by atoms with Crippen LogP contribution in [-0.4, -0.2) is 45.6 Å². The van der Waals surface area contributed by atoms with Crippen molar-refractivity contribution in [3.05, 3.63) is 73.8 Å². The molecule has 3 aromatic rings. The number of rotatable bonds is 7. The lowest BCUT2D eigenvalue weighted by Gasteiger charge is -2.12. The van der Waals surface area contributed by atoms with Gasteiger partial charge in [0.1, 0.15) is 6.54 Å². The van der Waals surface area contributed by atoms with Gasteiger partial charge in [-0.3, -0.25) is 19.3 Å². The molecule has 2 aromatic carbocycles.